The van der Waals surface area contributed by atoms with Crippen molar-refractivity contribution < 1.29 is 4.79 Å². The molecule has 4 nitrogen and oxygen atoms in total. The van der Waals surface area contributed by atoms with Crippen LogP contribution >= 0.6 is 0 Å². The zero-order valence-corrected chi connectivity index (χ0v) is 10.5. The van der Waals surface area contributed by atoms with Gasteiger partial charge in [0.25, 0.3) is 0 Å². The minimum absolute atomic E-state index is 0.302. The molecule has 0 spiro atoms. The van der Waals surface area contributed by atoms with Gasteiger partial charge in [-0.05, 0) is 31.9 Å². The lowest BCUT2D eigenvalue weighted by Crippen LogP contribution is -2.34. The zero-order valence-electron chi connectivity index (χ0n) is 10.5. The Morgan fingerprint density at radius 3 is 3.12 bits per heavy atom. The van der Waals surface area contributed by atoms with E-state index in [1.165, 1.54) is 19.3 Å². The Bertz CT molecular complexity index is 366. The Hall–Kier alpha value is -1.16. The summed E-state index contributed by atoms with van der Waals surface area (Å²) in [6, 6.07) is 2.47. The van der Waals surface area contributed by atoms with Gasteiger partial charge in [0.05, 0.1) is 12.1 Å². The van der Waals surface area contributed by atoms with E-state index >= 15 is 0 Å². The number of nitrogens with zero attached hydrogens (tertiary/aromatic N) is 2. The van der Waals surface area contributed by atoms with Crippen LogP contribution in [0.15, 0.2) is 12.3 Å². The average Bonchev–Trinajstić information content (AvgIpc) is 2.73. The van der Waals surface area contributed by atoms with E-state index in [0.717, 1.165) is 18.7 Å². The van der Waals surface area contributed by atoms with Crippen molar-refractivity contribution >= 4 is 5.78 Å². The van der Waals surface area contributed by atoms with Gasteiger partial charge in [0.2, 0.25) is 0 Å². The van der Waals surface area contributed by atoms with E-state index in [9.17, 15) is 4.79 Å². The van der Waals surface area contributed by atoms with Crippen LogP contribution < -0.4 is 5.32 Å². The van der Waals surface area contributed by atoms with Crippen molar-refractivity contribution in [3.63, 3.8) is 0 Å². The zero-order chi connectivity index (χ0) is 12.1. The molecule has 1 aliphatic heterocycles. The van der Waals surface area contributed by atoms with E-state index < -0.39 is 0 Å². The van der Waals surface area contributed by atoms with Crippen LogP contribution in [0.4, 0.5) is 0 Å². The number of aryl methyl sites for hydroxylation is 1. The van der Waals surface area contributed by atoms with Crippen molar-refractivity contribution in [2.45, 2.75) is 44.6 Å². The lowest BCUT2D eigenvalue weighted by molar-refractivity contribution is -0.118. The SMILES string of the molecule is Cn1ccc(CC(=O)CCC2CCCCN2)n1. The maximum absolute atomic E-state index is 11.8. The van der Waals surface area contributed by atoms with Crippen LogP contribution in [-0.4, -0.2) is 28.2 Å². The number of piperidine rings is 1. The lowest BCUT2D eigenvalue weighted by Gasteiger charge is -2.22. The van der Waals surface area contributed by atoms with Crippen molar-refractivity contribution in [3.8, 4) is 0 Å². The summed E-state index contributed by atoms with van der Waals surface area (Å²) >= 11 is 0. The highest BCUT2D eigenvalue weighted by molar-refractivity contribution is 5.80. The average molecular weight is 235 g/mol. The molecule has 2 heterocycles. The van der Waals surface area contributed by atoms with Crippen LogP contribution in [0.1, 0.15) is 37.8 Å². The Labute approximate surface area is 102 Å². The smallest absolute Gasteiger partial charge is 0.138 e. The standard InChI is InChI=1S/C13H21N3O/c1-16-9-7-12(15-16)10-13(17)6-5-11-4-2-3-8-14-11/h7,9,11,14H,2-6,8,10H2,1H3. The first-order valence-electron chi connectivity index (χ1n) is 6.47. The molecule has 0 aliphatic carbocycles. The summed E-state index contributed by atoms with van der Waals surface area (Å²) in [5, 5.41) is 7.70. The Balaban J connectivity index is 1.70. The van der Waals surface area contributed by atoms with E-state index in [2.05, 4.69) is 10.4 Å². The van der Waals surface area contributed by atoms with Gasteiger partial charge in [0.15, 0.2) is 0 Å². The van der Waals surface area contributed by atoms with E-state index in [1.807, 2.05) is 19.3 Å². The van der Waals surface area contributed by atoms with Gasteiger partial charge in [-0.15, -0.1) is 0 Å². The van der Waals surface area contributed by atoms with Crippen molar-refractivity contribution in [2.75, 3.05) is 6.54 Å². The van der Waals surface area contributed by atoms with Crippen LogP contribution in [0.2, 0.25) is 0 Å². The molecule has 0 saturated carbocycles. The van der Waals surface area contributed by atoms with E-state index in [4.69, 9.17) is 0 Å². The molecule has 0 bridgehead atoms. The summed E-state index contributed by atoms with van der Waals surface area (Å²) in [5.74, 6) is 0.302. The summed E-state index contributed by atoms with van der Waals surface area (Å²) in [5.41, 5.74) is 0.883. The number of hydrogen-bond donors (Lipinski definition) is 1. The Morgan fingerprint density at radius 1 is 1.59 bits per heavy atom. The molecule has 2 rings (SSSR count). The minimum atomic E-state index is 0.302. The second-order valence-corrected chi connectivity index (χ2v) is 4.88. The fraction of sp³-hybridized carbons (Fsp3) is 0.692. The highest BCUT2D eigenvalue weighted by Gasteiger charge is 2.14. The third kappa shape index (κ3) is 3.97. The molecule has 0 aromatic carbocycles. The molecule has 1 N–H and O–H groups in total. The highest BCUT2D eigenvalue weighted by atomic mass is 16.1. The highest BCUT2D eigenvalue weighted by Crippen LogP contribution is 2.12. The van der Waals surface area contributed by atoms with Crippen LogP contribution in [0, 0.1) is 0 Å². The van der Waals surface area contributed by atoms with Gasteiger partial charge < -0.3 is 5.32 Å². The van der Waals surface area contributed by atoms with Gasteiger partial charge in [-0.2, -0.15) is 5.10 Å². The normalized spacial score (nSPS) is 20.4. The fourth-order valence-corrected chi connectivity index (χ4v) is 2.35. The molecule has 1 aromatic heterocycles. The Kier molecular flexibility index (Phi) is 4.31. The number of carbonyl (C=O) groups excluding carboxylic acids is 1. The molecule has 1 atom stereocenters. The molecule has 1 saturated heterocycles. The minimum Gasteiger partial charge on any atom is -0.314 e. The van der Waals surface area contributed by atoms with Gasteiger partial charge in [0, 0.05) is 25.7 Å². The molecule has 0 radical (unpaired) electrons. The third-order valence-corrected chi connectivity index (χ3v) is 3.33. The number of aromatic nitrogens is 2. The van der Waals surface area contributed by atoms with Gasteiger partial charge in [0.1, 0.15) is 5.78 Å². The molecule has 94 valence electrons. The molecule has 1 aromatic rings. The lowest BCUT2D eigenvalue weighted by atomic mass is 9.98. The first-order valence-corrected chi connectivity index (χ1v) is 6.47. The van der Waals surface area contributed by atoms with E-state index in [-0.39, 0.29) is 0 Å². The van der Waals surface area contributed by atoms with Gasteiger partial charge in [-0.1, -0.05) is 6.42 Å². The second kappa shape index (κ2) is 5.96. The number of carbonyl (C=O) groups is 1. The van der Waals surface area contributed by atoms with Gasteiger partial charge in [-0.25, -0.2) is 0 Å². The van der Waals surface area contributed by atoms with Gasteiger partial charge in [-0.3, -0.25) is 9.48 Å². The number of rotatable bonds is 5. The molecule has 1 fully saturated rings. The summed E-state index contributed by atoms with van der Waals surface area (Å²) in [6.07, 6.45) is 7.81. The molecule has 17 heavy (non-hydrogen) atoms. The van der Waals surface area contributed by atoms with Crippen molar-refractivity contribution in [1.82, 2.24) is 15.1 Å². The van der Waals surface area contributed by atoms with E-state index in [0.29, 0.717) is 24.7 Å². The predicted octanol–water partition coefficient (Wildman–Crippen LogP) is 1.45. The largest absolute Gasteiger partial charge is 0.314 e. The maximum Gasteiger partial charge on any atom is 0.138 e. The molecular weight excluding hydrogens is 214 g/mol. The monoisotopic (exact) mass is 235 g/mol. The molecule has 1 unspecified atom stereocenters. The molecule has 4 heteroatoms. The third-order valence-electron chi connectivity index (χ3n) is 3.33. The van der Waals surface area contributed by atoms with Gasteiger partial charge >= 0.3 is 0 Å². The number of hydrogen-bond acceptors (Lipinski definition) is 3. The molecule has 1 aliphatic rings. The first kappa shape index (κ1) is 12.3. The van der Waals surface area contributed by atoms with Crippen LogP contribution in [-0.2, 0) is 18.3 Å². The number of nitrogens with one attached hydrogen (secondary N) is 1. The molecule has 0 amide bonds. The predicted molar refractivity (Wildman–Crippen MR) is 66.8 cm³/mol. The quantitative estimate of drug-likeness (QED) is 0.840. The van der Waals surface area contributed by atoms with Crippen molar-refractivity contribution in [2.24, 2.45) is 7.05 Å². The summed E-state index contributed by atoms with van der Waals surface area (Å²) in [4.78, 5) is 11.8. The maximum atomic E-state index is 11.8. The van der Waals surface area contributed by atoms with Crippen LogP contribution in [0.25, 0.3) is 0 Å². The fourth-order valence-electron chi connectivity index (χ4n) is 2.35. The number of ketones is 1. The molecular formula is C13H21N3O. The topological polar surface area (TPSA) is 46.9 Å². The summed E-state index contributed by atoms with van der Waals surface area (Å²) < 4.78 is 1.74. The van der Waals surface area contributed by atoms with Crippen molar-refractivity contribution in [1.29, 1.82) is 0 Å². The number of Topliss-reactive ketones (excluding diaryl/α,β-unsaturated/α-hetero) is 1. The second-order valence-electron chi connectivity index (χ2n) is 4.88. The van der Waals surface area contributed by atoms with E-state index in [1.54, 1.807) is 4.68 Å². The summed E-state index contributed by atoms with van der Waals surface area (Å²) in [6.45, 7) is 1.11. The van der Waals surface area contributed by atoms with Crippen LogP contribution in [0.3, 0.4) is 0 Å². The Morgan fingerprint density at radius 2 is 2.47 bits per heavy atom. The van der Waals surface area contributed by atoms with Crippen LogP contribution in [0.5, 0.6) is 0 Å². The summed E-state index contributed by atoms with van der Waals surface area (Å²) in [7, 11) is 1.87. The first-order chi connectivity index (χ1) is 8.24. The van der Waals surface area contributed by atoms with Crippen molar-refractivity contribution in [3.05, 3.63) is 18.0 Å².